The Morgan fingerprint density at radius 1 is 1.24 bits per heavy atom. The van der Waals surface area contributed by atoms with Crippen LogP contribution in [0.15, 0.2) is 47.1 Å². The van der Waals surface area contributed by atoms with Crippen LogP contribution in [0.5, 0.6) is 0 Å². The van der Waals surface area contributed by atoms with Crippen molar-refractivity contribution in [2.45, 2.75) is 19.5 Å². The smallest absolute Gasteiger partial charge is 0.253 e. The lowest BCUT2D eigenvalue weighted by Crippen LogP contribution is -2.44. The minimum atomic E-state index is -0.677. The number of nitrogens with one attached hydrogen (secondary N) is 2. The van der Waals surface area contributed by atoms with E-state index in [4.69, 9.17) is 16.0 Å². The maximum Gasteiger partial charge on any atom is 0.253 e. The third kappa shape index (κ3) is 4.10. The molecule has 6 heteroatoms. The van der Waals surface area contributed by atoms with Gasteiger partial charge in [0.05, 0.1) is 23.4 Å². The number of carbonyl (C=O) groups excluding carboxylic acids is 2. The maximum atomic E-state index is 12.0. The highest BCUT2D eigenvalue weighted by molar-refractivity contribution is 6.33. The molecular weight excluding hydrogens is 292 g/mol. The Bertz CT molecular complexity index is 626. The molecule has 0 aliphatic carbocycles. The van der Waals surface area contributed by atoms with E-state index >= 15 is 0 Å². The zero-order valence-electron chi connectivity index (χ0n) is 11.4. The quantitative estimate of drug-likeness (QED) is 0.891. The first-order valence-electron chi connectivity index (χ1n) is 6.43. The molecule has 21 heavy (non-hydrogen) atoms. The summed E-state index contributed by atoms with van der Waals surface area (Å²) >= 11 is 5.94. The molecular formula is C15H15ClN2O3. The monoisotopic (exact) mass is 306 g/mol. The lowest BCUT2D eigenvalue weighted by Gasteiger charge is -2.14. The van der Waals surface area contributed by atoms with Crippen LogP contribution in [0.2, 0.25) is 5.02 Å². The molecule has 1 aromatic heterocycles. The predicted octanol–water partition coefficient (Wildman–Crippen LogP) is 2.37. The van der Waals surface area contributed by atoms with Gasteiger partial charge in [-0.2, -0.15) is 0 Å². The number of benzene rings is 1. The molecule has 0 saturated carbocycles. The van der Waals surface area contributed by atoms with Crippen LogP contribution in [0.1, 0.15) is 23.0 Å². The van der Waals surface area contributed by atoms with Gasteiger partial charge < -0.3 is 15.1 Å². The first kappa shape index (κ1) is 15.1. The van der Waals surface area contributed by atoms with Crippen molar-refractivity contribution in [2.24, 2.45) is 0 Å². The molecule has 0 spiro atoms. The van der Waals surface area contributed by atoms with Crippen molar-refractivity contribution in [3.8, 4) is 0 Å². The fourth-order valence-electron chi connectivity index (χ4n) is 1.73. The van der Waals surface area contributed by atoms with Crippen molar-refractivity contribution in [3.05, 3.63) is 59.0 Å². The standard InChI is InChI=1S/C15H15ClN2O3/c1-10(14(19)17-9-11-5-4-8-21-11)18-15(20)12-6-2-3-7-13(12)16/h2-8,10H,9H2,1H3,(H,17,19)(H,18,20). The number of halogens is 1. The molecule has 5 nitrogen and oxygen atoms in total. The van der Waals surface area contributed by atoms with Gasteiger partial charge in [0.25, 0.3) is 5.91 Å². The number of furan rings is 1. The fourth-order valence-corrected chi connectivity index (χ4v) is 1.95. The molecule has 0 bridgehead atoms. The highest BCUT2D eigenvalue weighted by Crippen LogP contribution is 2.14. The van der Waals surface area contributed by atoms with Gasteiger partial charge in [-0.15, -0.1) is 0 Å². The molecule has 1 atom stereocenters. The topological polar surface area (TPSA) is 71.3 Å². The molecule has 0 fully saturated rings. The summed E-state index contributed by atoms with van der Waals surface area (Å²) in [5.41, 5.74) is 0.338. The van der Waals surface area contributed by atoms with Crippen LogP contribution < -0.4 is 10.6 Å². The van der Waals surface area contributed by atoms with Crippen LogP contribution in [0.3, 0.4) is 0 Å². The molecule has 1 aromatic carbocycles. The van der Waals surface area contributed by atoms with E-state index in [0.717, 1.165) is 0 Å². The molecule has 0 radical (unpaired) electrons. The summed E-state index contributed by atoms with van der Waals surface area (Å²) in [7, 11) is 0. The number of rotatable bonds is 5. The SMILES string of the molecule is CC(NC(=O)c1ccccc1Cl)C(=O)NCc1ccco1. The zero-order valence-corrected chi connectivity index (χ0v) is 12.2. The van der Waals surface area contributed by atoms with E-state index in [1.807, 2.05) is 0 Å². The molecule has 0 saturated heterocycles. The zero-order chi connectivity index (χ0) is 15.2. The average Bonchev–Trinajstić information content (AvgIpc) is 2.98. The minimum absolute atomic E-state index is 0.276. The van der Waals surface area contributed by atoms with E-state index in [1.165, 1.54) is 6.26 Å². The second-order valence-corrected chi connectivity index (χ2v) is 4.88. The summed E-state index contributed by atoms with van der Waals surface area (Å²) in [6, 6.07) is 9.49. The lowest BCUT2D eigenvalue weighted by molar-refractivity contribution is -0.122. The molecule has 2 amide bonds. The maximum absolute atomic E-state index is 12.0. The summed E-state index contributed by atoms with van der Waals surface area (Å²) in [4.78, 5) is 23.9. The second kappa shape index (κ2) is 6.95. The molecule has 2 rings (SSSR count). The van der Waals surface area contributed by atoms with Crippen molar-refractivity contribution in [2.75, 3.05) is 0 Å². The van der Waals surface area contributed by atoms with Gasteiger partial charge in [-0.3, -0.25) is 9.59 Å². The summed E-state index contributed by atoms with van der Waals surface area (Å²) in [5, 5.41) is 5.62. The van der Waals surface area contributed by atoms with Crippen molar-refractivity contribution < 1.29 is 14.0 Å². The van der Waals surface area contributed by atoms with E-state index in [2.05, 4.69) is 10.6 Å². The van der Waals surface area contributed by atoms with Gasteiger partial charge in [0.15, 0.2) is 0 Å². The molecule has 110 valence electrons. The van der Waals surface area contributed by atoms with Crippen molar-refractivity contribution in [1.29, 1.82) is 0 Å². The first-order valence-corrected chi connectivity index (χ1v) is 6.81. The lowest BCUT2D eigenvalue weighted by atomic mass is 10.2. The van der Waals surface area contributed by atoms with Crippen LogP contribution in [0.25, 0.3) is 0 Å². The van der Waals surface area contributed by atoms with E-state index in [9.17, 15) is 9.59 Å². The van der Waals surface area contributed by atoms with Gasteiger partial charge in [0, 0.05) is 0 Å². The molecule has 0 aliphatic rings. The Balaban J connectivity index is 1.88. The van der Waals surface area contributed by atoms with Gasteiger partial charge in [-0.05, 0) is 31.2 Å². The van der Waals surface area contributed by atoms with Gasteiger partial charge in [-0.1, -0.05) is 23.7 Å². The Morgan fingerprint density at radius 2 is 2.00 bits per heavy atom. The summed E-state index contributed by atoms with van der Waals surface area (Å²) in [5.74, 6) is -0.0407. The van der Waals surface area contributed by atoms with Crippen LogP contribution in [0, 0.1) is 0 Å². The van der Waals surface area contributed by atoms with Crippen LogP contribution in [-0.4, -0.2) is 17.9 Å². The van der Waals surface area contributed by atoms with E-state index in [-0.39, 0.29) is 18.4 Å². The average molecular weight is 307 g/mol. The number of carbonyl (C=O) groups is 2. The van der Waals surface area contributed by atoms with Crippen LogP contribution >= 0.6 is 11.6 Å². The molecule has 0 aliphatic heterocycles. The molecule has 1 heterocycles. The number of hydrogen-bond acceptors (Lipinski definition) is 3. The van der Waals surface area contributed by atoms with Gasteiger partial charge in [0.1, 0.15) is 11.8 Å². The van der Waals surface area contributed by atoms with Crippen molar-refractivity contribution >= 4 is 23.4 Å². The Kier molecular flexibility index (Phi) is 5.00. The van der Waals surface area contributed by atoms with Crippen molar-refractivity contribution in [1.82, 2.24) is 10.6 Å². The summed E-state index contributed by atoms with van der Waals surface area (Å²) in [6.45, 7) is 1.88. The largest absolute Gasteiger partial charge is 0.467 e. The highest BCUT2D eigenvalue weighted by Gasteiger charge is 2.17. The van der Waals surface area contributed by atoms with Crippen LogP contribution in [-0.2, 0) is 11.3 Å². The van der Waals surface area contributed by atoms with Crippen LogP contribution in [0.4, 0.5) is 0 Å². The predicted molar refractivity (Wildman–Crippen MR) is 78.9 cm³/mol. The second-order valence-electron chi connectivity index (χ2n) is 4.47. The Labute approximate surface area is 127 Å². The van der Waals surface area contributed by atoms with Gasteiger partial charge in [0.2, 0.25) is 5.91 Å². The number of hydrogen-bond donors (Lipinski definition) is 2. The normalized spacial score (nSPS) is 11.7. The first-order chi connectivity index (χ1) is 10.1. The Hall–Kier alpha value is -2.27. The fraction of sp³-hybridized carbons (Fsp3) is 0.200. The third-order valence-corrected chi connectivity index (χ3v) is 3.21. The summed E-state index contributed by atoms with van der Waals surface area (Å²) in [6.07, 6.45) is 1.53. The third-order valence-electron chi connectivity index (χ3n) is 2.88. The van der Waals surface area contributed by atoms with Crippen molar-refractivity contribution in [3.63, 3.8) is 0 Å². The van der Waals surface area contributed by atoms with E-state index in [0.29, 0.717) is 16.3 Å². The molecule has 1 unspecified atom stereocenters. The van der Waals surface area contributed by atoms with E-state index < -0.39 is 6.04 Å². The number of amides is 2. The minimum Gasteiger partial charge on any atom is -0.467 e. The van der Waals surface area contributed by atoms with Gasteiger partial charge >= 0.3 is 0 Å². The molecule has 2 N–H and O–H groups in total. The summed E-state index contributed by atoms with van der Waals surface area (Å²) < 4.78 is 5.11. The Morgan fingerprint density at radius 3 is 2.67 bits per heavy atom. The molecule has 2 aromatic rings. The highest BCUT2D eigenvalue weighted by atomic mass is 35.5. The van der Waals surface area contributed by atoms with Gasteiger partial charge in [-0.25, -0.2) is 0 Å². The van der Waals surface area contributed by atoms with E-state index in [1.54, 1.807) is 43.3 Å².